The first-order valence-electron chi connectivity index (χ1n) is 24.0. The van der Waals surface area contributed by atoms with Gasteiger partial charge in [-0.15, -0.1) is 0 Å². The first-order valence-corrected chi connectivity index (χ1v) is 15.8. The number of pyridine rings is 1. The number of hydrogen-bond donors (Lipinski definition) is 0. The van der Waals surface area contributed by atoms with Gasteiger partial charge < -0.3 is 4.74 Å². The number of thiazole rings is 1. The number of nitrogens with zero attached hydrogens (tertiary/aromatic N) is 3. The van der Waals surface area contributed by atoms with Gasteiger partial charge in [0.05, 0.1) is 21.3 Å². The smallest absolute Gasteiger partial charge is 0.223 e. The molecule has 234 valence electrons. The molecule has 5 aromatic carbocycles. The van der Waals surface area contributed by atoms with E-state index in [-0.39, 0.29) is 55.6 Å². The third kappa shape index (κ3) is 4.13. The molecule has 0 aliphatic carbocycles. The van der Waals surface area contributed by atoms with Crippen LogP contribution in [0.3, 0.4) is 0 Å². The fourth-order valence-corrected chi connectivity index (χ4v) is 7.86. The normalized spacial score (nSPS) is 20.7. The molecule has 0 spiro atoms. The van der Waals surface area contributed by atoms with Gasteiger partial charge in [0.15, 0.2) is 4.96 Å². The van der Waals surface area contributed by atoms with Crippen LogP contribution in [0.4, 0.5) is 0 Å². The van der Waals surface area contributed by atoms with Crippen molar-refractivity contribution in [2.75, 3.05) is 0 Å². The van der Waals surface area contributed by atoms with Crippen molar-refractivity contribution in [2.45, 2.75) is 46.5 Å². The number of rotatable bonds is 3. The van der Waals surface area contributed by atoms with E-state index in [1.807, 2.05) is 28.7 Å². The summed E-state index contributed by atoms with van der Waals surface area (Å²) in [5.41, 5.74) is -2.92. The standard InChI is InChI=1S/C43H35N3OS/c1-24-13-17-28(37-26(3)15-19-32-39(37)47-41-33(43(32,5)6)10-9-21-44-41)22-30(24)31-23-29(18-14-25(31)2)38-27(4)16-20-36-40(38)48-42-45-34-11-7-8-12-35(34)46(36)42/h7-23H,1-6H3/i1D3,2D3,3D3,4D3,5D3,6D3. The minimum atomic E-state index is -3.31. The minimum absolute atomic E-state index is 0.0718. The van der Waals surface area contributed by atoms with Crippen LogP contribution in [0, 0.1) is 27.4 Å². The zero-order chi connectivity index (χ0) is 47.9. The maximum absolute atomic E-state index is 8.75. The Morgan fingerprint density at radius 3 is 2.17 bits per heavy atom. The highest BCUT2D eigenvalue weighted by molar-refractivity contribution is 7.24. The Morgan fingerprint density at radius 2 is 1.40 bits per heavy atom. The fraction of sp³-hybridized carbons (Fsp3) is 0.163. The Balaban J connectivity index is 1.38. The predicted octanol–water partition coefficient (Wildman–Crippen LogP) is 11.8. The Morgan fingerprint density at radius 1 is 0.688 bits per heavy atom. The van der Waals surface area contributed by atoms with E-state index in [0.29, 0.717) is 20.7 Å². The Labute approximate surface area is 309 Å². The van der Waals surface area contributed by atoms with Crippen LogP contribution in [0.25, 0.3) is 59.6 Å². The molecule has 0 saturated heterocycles. The predicted molar refractivity (Wildman–Crippen MR) is 200 cm³/mol. The highest BCUT2D eigenvalue weighted by Gasteiger charge is 2.36. The summed E-state index contributed by atoms with van der Waals surface area (Å²) in [7, 11) is 0. The lowest BCUT2D eigenvalue weighted by atomic mass is 9.75. The maximum Gasteiger partial charge on any atom is 0.223 e. The number of ether oxygens (including phenoxy) is 1. The molecule has 4 nitrogen and oxygen atoms in total. The van der Waals surface area contributed by atoms with Crippen molar-refractivity contribution in [1.82, 2.24) is 14.4 Å². The lowest BCUT2D eigenvalue weighted by Gasteiger charge is -2.35. The van der Waals surface area contributed by atoms with E-state index >= 15 is 0 Å². The van der Waals surface area contributed by atoms with Crippen LogP contribution in [-0.2, 0) is 5.41 Å². The topological polar surface area (TPSA) is 39.4 Å². The third-order valence-electron chi connectivity index (χ3n) is 8.94. The van der Waals surface area contributed by atoms with Crippen LogP contribution >= 0.6 is 11.3 Å². The van der Waals surface area contributed by atoms with Crippen molar-refractivity contribution in [3.63, 3.8) is 0 Å². The largest absolute Gasteiger partial charge is 0.438 e. The molecule has 0 unspecified atom stereocenters. The number of hydrogen-bond acceptors (Lipinski definition) is 4. The number of imidazole rings is 1. The molecule has 0 bridgehead atoms. The average molecular weight is 660 g/mol. The summed E-state index contributed by atoms with van der Waals surface area (Å²) in [4.78, 5) is 9.50. The highest BCUT2D eigenvalue weighted by atomic mass is 32.1. The van der Waals surface area contributed by atoms with Gasteiger partial charge in [0.1, 0.15) is 5.75 Å². The molecule has 0 atom stereocenters. The molecule has 0 radical (unpaired) electrons. The Bertz CT molecular complexity index is 3260. The molecule has 0 amide bonds. The van der Waals surface area contributed by atoms with Gasteiger partial charge in [-0.2, -0.15) is 0 Å². The SMILES string of the molecule is [2H]C([2H])([2H])c1ccc(-c2c(C([2H])([2H])[2H])ccc3c2Oc2ncccc2C3(C([2H])([2H])[2H])C([2H])([2H])[2H])cc1-c1cc(-c2c(C([2H])([2H])[2H])ccc3c2sc2nc4ccccc4n23)ccc1C([2H])([2H])[2H]. The summed E-state index contributed by atoms with van der Waals surface area (Å²) < 4.78 is 165. The van der Waals surface area contributed by atoms with Crippen LogP contribution in [0.1, 0.15) is 71.8 Å². The first-order chi connectivity index (χ1) is 30.5. The second-order valence-corrected chi connectivity index (χ2v) is 12.7. The summed E-state index contributed by atoms with van der Waals surface area (Å²) in [6.07, 6.45) is 1.25. The summed E-state index contributed by atoms with van der Waals surface area (Å²) in [6.45, 7) is -18.1. The van der Waals surface area contributed by atoms with E-state index in [9.17, 15) is 0 Å². The van der Waals surface area contributed by atoms with Gasteiger partial charge in [0, 0.05) is 58.5 Å². The molecule has 0 saturated carbocycles. The second-order valence-electron chi connectivity index (χ2n) is 11.8. The van der Waals surface area contributed by atoms with Crippen molar-refractivity contribution >= 4 is 37.5 Å². The molecule has 1 aliphatic rings. The first kappa shape index (κ1) is 15.8. The van der Waals surface area contributed by atoms with E-state index in [1.54, 1.807) is 6.07 Å². The number of fused-ring (bicyclic) bond motifs is 7. The second kappa shape index (κ2) is 10.4. The van der Waals surface area contributed by atoms with E-state index in [1.165, 1.54) is 72.1 Å². The average Bonchev–Trinajstić information content (AvgIpc) is 3.75. The third-order valence-corrected chi connectivity index (χ3v) is 10.0. The van der Waals surface area contributed by atoms with E-state index in [0.717, 1.165) is 17.6 Å². The van der Waals surface area contributed by atoms with Crippen LogP contribution < -0.4 is 4.74 Å². The number of aryl methyl sites for hydroxylation is 4. The van der Waals surface area contributed by atoms with Crippen molar-refractivity contribution in [3.8, 4) is 45.0 Å². The lowest BCUT2D eigenvalue weighted by molar-refractivity contribution is 0.403. The number of para-hydroxylation sites is 2. The van der Waals surface area contributed by atoms with E-state index < -0.39 is 69.3 Å². The summed E-state index contributed by atoms with van der Waals surface area (Å²) in [6, 6.07) is 23.2. The molecule has 8 aromatic rings. The summed E-state index contributed by atoms with van der Waals surface area (Å²) in [5.74, 6) is -0.880. The van der Waals surface area contributed by atoms with E-state index in [2.05, 4.69) is 4.98 Å². The van der Waals surface area contributed by atoms with Crippen molar-refractivity contribution in [3.05, 3.63) is 137 Å². The zero-order valence-electron chi connectivity index (χ0n) is 43.0. The van der Waals surface area contributed by atoms with Crippen LogP contribution in [0.5, 0.6) is 11.6 Å². The molecule has 4 heterocycles. The molecule has 9 rings (SSSR count). The Kier molecular flexibility index (Phi) is 3.40. The van der Waals surface area contributed by atoms with Gasteiger partial charge in [-0.05, 0) is 108 Å². The molecular formula is C43H35N3OS. The number of benzene rings is 5. The fourth-order valence-electron chi connectivity index (χ4n) is 6.65. The highest BCUT2D eigenvalue weighted by Crippen LogP contribution is 2.52. The molecule has 0 fully saturated rings. The number of aromatic nitrogens is 3. The maximum atomic E-state index is 8.75. The van der Waals surface area contributed by atoms with Crippen molar-refractivity contribution < 1.29 is 29.4 Å². The molecule has 48 heavy (non-hydrogen) atoms. The summed E-state index contributed by atoms with van der Waals surface area (Å²) >= 11 is 1.22. The molecule has 0 N–H and O–H groups in total. The van der Waals surface area contributed by atoms with Crippen molar-refractivity contribution in [2.24, 2.45) is 0 Å². The molecule has 3 aromatic heterocycles. The van der Waals surface area contributed by atoms with Gasteiger partial charge in [-0.25, -0.2) is 9.97 Å². The molecular weight excluding hydrogens is 607 g/mol. The van der Waals surface area contributed by atoms with Gasteiger partial charge >= 0.3 is 0 Å². The van der Waals surface area contributed by atoms with Crippen LogP contribution in [-0.4, -0.2) is 14.4 Å². The van der Waals surface area contributed by atoms with Gasteiger partial charge in [0.2, 0.25) is 5.88 Å². The van der Waals surface area contributed by atoms with Gasteiger partial charge in [-0.3, -0.25) is 4.40 Å². The monoisotopic (exact) mass is 659 g/mol. The van der Waals surface area contributed by atoms with Crippen molar-refractivity contribution in [1.29, 1.82) is 0 Å². The Hall–Kier alpha value is -5.26. The van der Waals surface area contributed by atoms with Gasteiger partial charge in [-0.1, -0.05) is 85.7 Å². The summed E-state index contributed by atoms with van der Waals surface area (Å²) in [5, 5.41) is 0. The molecule has 5 heteroatoms. The quantitative estimate of drug-likeness (QED) is 0.189. The van der Waals surface area contributed by atoms with Crippen LogP contribution in [0.2, 0.25) is 0 Å². The minimum Gasteiger partial charge on any atom is -0.438 e. The van der Waals surface area contributed by atoms with E-state index in [4.69, 9.17) is 34.4 Å². The lowest BCUT2D eigenvalue weighted by Crippen LogP contribution is -2.25. The van der Waals surface area contributed by atoms with Crippen LogP contribution in [0.15, 0.2) is 103 Å². The zero-order valence-corrected chi connectivity index (χ0v) is 25.8. The van der Waals surface area contributed by atoms with Gasteiger partial charge in [0.25, 0.3) is 0 Å². The molecule has 1 aliphatic heterocycles.